The van der Waals surface area contributed by atoms with Gasteiger partial charge in [0.2, 0.25) is 53.2 Å². The summed E-state index contributed by atoms with van der Waals surface area (Å²) in [5, 5.41) is 22.3. The minimum absolute atomic E-state index is 0.134. The van der Waals surface area contributed by atoms with E-state index in [1.165, 1.54) is 6.92 Å². The summed E-state index contributed by atoms with van der Waals surface area (Å²) in [5.74, 6) is -7.08. The van der Waals surface area contributed by atoms with Gasteiger partial charge >= 0.3 is 0 Å². The van der Waals surface area contributed by atoms with E-state index in [1.54, 1.807) is 20.8 Å². The fourth-order valence-electron chi connectivity index (χ4n) is 7.90. The summed E-state index contributed by atoms with van der Waals surface area (Å²) < 4.78 is 0. The Morgan fingerprint density at radius 3 is 0.764 bits per heavy atom. The molecule has 0 heterocycles. The molecule has 0 saturated carbocycles. The summed E-state index contributed by atoms with van der Waals surface area (Å²) in [4.78, 5) is 123. The van der Waals surface area contributed by atoms with E-state index in [9.17, 15) is 43.2 Å². The summed E-state index contributed by atoms with van der Waals surface area (Å²) in [6, 6.07) is -8.71. The number of rotatable bonds is 40. The van der Waals surface area contributed by atoms with Gasteiger partial charge in [-0.1, -0.05) is 81.1 Å². The number of carbonyl (C=O) groups excluding carboxylic acids is 9. The molecular formula is C50H97N13O9. The fourth-order valence-corrected chi connectivity index (χ4v) is 7.90. The van der Waals surface area contributed by atoms with Crippen molar-refractivity contribution in [3.63, 3.8) is 0 Å². The quantitative estimate of drug-likeness (QED) is 0.0362. The Morgan fingerprint density at radius 1 is 0.333 bits per heavy atom. The summed E-state index contributed by atoms with van der Waals surface area (Å²) in [7, 11) is 0. The third-order valence-electron chi connectivity index (χ3n) is 13.6. The molecule has 0 aliphatic rings. The van der Waals surface area contributed by atoms with Gasteiger partial charge in [-0.25, -0.2) is 0 Å². The van der Waals surface area contributed by atoms with E-state index >= 15 is 0 Å². The van der Waals surface area contributed by atoms with Gasteiger partial charge < -0.3 is 71.2 Å². The first-order valence-electron chi connectivity index (χ1n) is 26.6. The molecule has 0 aromatic heterocycles. The van der Waals surface area contributed by atoms with Gasteiger partial charge in [0.15, 0.2) is 0 Å². The summed E-state index contributed by atoms with van der Waals surface area (Å²) in [5.41, 5.74) is 28.6. The topological polar surface area (TPSA) is 380 Å². The van der Waals surface area contributed by atoms with Crippen LogP contribution in [0, 0.1) is 23.7 Å². The number of nitrogens with one attached hydrogen (secondary N) is 8. The molecule has 0 unspecified atom stereocenters. The molecule has 0 aromatic carbocycles. The van der Waals surface area contributed by atoms with Crippen molar-refractivity contribution in [2.45, 2.75) is 213 Å². The van der Waals surface area contributed by atoms with E-state index in [0.717, 1.165) is 0 Å². The molecule has 0 saturated heterocycles. The van der Waals surface area contributed by atoms with E-state index in [1.807, 2.05) is 34.6 Å². The van der Waals surface area contributed by atoms with Gasteiger partial charge in [0.1, 0.15) is 48.3 Å². The maximum Gasteiger partial charge on any atom is 0.243 e. The highest BCUT2D eigenvalue weighted by Gasteiger charge is 2.37. The maximum atomic E-state index is 14.4. The predicted molar refractivity (Wildman–Crippen MR) is 280 cm³/mol. The van der Waals surface area contributed by atoms with Crippen LogP contribution in [0.1, 0.15) is 165 Å². The molecule has 416 valence electrons. The number of nitrogens with two attached hydrogens (primary N) is 5. The van der Waals surface area contributed by atoms with Crippen molar-refractivity contribution < 1.29 is 43.2 Å². The standard InChI is InChI=1S/C50H97N13O9/c1-10-30(5)39(56-34(9)64)47(69)58-36(23-15-19-27-52)44(66)62-41(32(7)12-3)49(71)60-38(25-17-21-29-54)46(68)63-42(33(8)13-4)50(72)59-37(24-16-20-28-53)45(67)61-40(31(6)11-2)48(70)57-35(43(55)65)22-14-18-26-51/h30-33,35-42H,10-29,51-54H2,1-9H3,(H2,55,65)(H,56,64)(H,57,70)(H,58,69)(H,59,72)(H,60,71)(H,61,67)(H,62,66)(H,63,68)/t30-,31-,32-,33-,35-,36-,37-,38-,39-,40-,41-,42-/m0/s1. The smallest absolute Gasteiger partial charge is 0.243 e. The monoisotopic (exact) mass is 1020 g/mol. The zero-order chi connectivity index (χ0) is 54.9. The molecule has 0 aromatic rings. The Morgan fingerprint density at radius 2 is 0.556 bits per heavy atom. The Hall–Kier alpha value is -4.93. The third kappa shape index (κ3) is 25.1. The van der Waals surface area contributed by atoms with Gasteiger partial charge in [-0.05, 0) is 127 Å². The SMILES string of the molecule is CC[C@H](C)[C@H](NC(C)=O)C(=O)N[C@@H](CCCCN)C(=O)N[C@H](C(=O)N[C@@H](CCCCN)C(=O)N[C@H](C(=O)N[C@@H](CCCCN)C(=O)N[C@H](C(=O)N[C@@H](CCCCN)C(N)=O)[C@@H](C)CC)[C@@H](C)CC)[C@@H](C)CC. The number of primary amides is 1. The van der Waals surface area contributed by atoms with Crippen molar-refractivity contribution >= 4 is 53.2 Å². The molecule has 9 amide bonds. The van der Waals surface area contributed by atoms with Crippen LogP contribution >= 0.6 is 0 Å². The van der Waals surface area contributed by atoms with Crippen molar-refractivity contribution in [1.29, 1.82) is 0 Å². The molecule has 0 spiro atoms. The second-order valence-electron chi connectivity index (χ2n) is 19.5. The molecule has 18 N–H and O–H groups in total. The second kappa shape index (κ2) is 37.8. The highest BCUT2D eigenvalue weighted by molar-refractivity contribution is 5.98. The zero-order valence-corrected chi connectivity index (χ0v) is 45.1. The van der Waals surface area contributed by atoms with Gasteiger partial charge in [0.05, 0.1) is 0 Å². The van der Waals surface area contributed by atoms with E-state index in [2.05, 4.69) is 42.5 Å². The van der Waals surface area contributed by atoms with Crippen LogP contribution in [-0.4, -0.2) is 128 Å². The summed E-state index contributed by atoms with van der Waals surface area (Å²) in [6.07, 6.45) is 6.87. The lowest BCUT2D eigenvalue weighted by Crippen LogP contribution is -2.62. The molecule has 0 rings (SSSR count). The number of hydrogen-bond acceptors (Lipinski definition) is 13. The lowest BCUT2D eigenvalue weighted by molar-refractivity contribution is -0.137. The normalized spacial score (nSPS) is 16.3. The van der Waals surface area contributed by atoms with Crippen LogP contribution < -0.4 is 71.2 Å². The molecule has 0 aliphatic carbocycles. The van der Waals surface area contributed by atoms with Crippen molar-refractivity contribution in [3.8, 4) is 0 Å². The van der Waals surface area contributed by atoms with E-state index in [0.29, 0.717) is 103 Å². The predicted octanol–water partition coefficient (Wildman–Crippen LogP) is 0.0704. The molecular weight excluding hydrogens is 927 g/mol. The van der Waals surface area contributed by atoms with Gasteiger partial charge in [-0.15, -0.1) is 0 Å². The van der Waals surface area contributed by atoms with Crippen LogP contribution in [0.3, 0.4) is 0 Å². The van der Waals surface area contributed by atoms with Gasteiger partial charge in [0.25, 0.3) is 0 Å². The van der Waals surface area contributed by atoms with E-state index in [4.69, 9.17) is 28.7 Å². The Labute approximate surface area is 429 Å². The van der Waals surface area contributed by atoms with Crippen molar-refractivity contribution in [2.75, 3.05) is 26.2 Å². The minimum atomic E-state index is -1.18. The molecule has 22 heteroatoms. The summed E-state index contributed by atoms with van der Waals surface area (Å²) >= 11 is 0. The summed E-state index contributed by atoms with van der Waals surface area (Å²) in [6.45, 7) is 17.3. The van der Waals surface area contributed by atoms with E-state index < -0.39 is 113 Å². The molecule has 12 atom stereocenters. The largest absolute Gasteiger partial charge is 0.368 e. The van der Waals surface area contributed by atoms with Crippen LogP contribution in [0.4, 0.5) is 0 Å². The number of unbranched alkanes of at least 4 members (excludes halogenated alkanes) is 4. The fraction of sp³-hybridized carbons (Fsp3) is 0.820. The second-order valence-corrected chi connectivity index (χ2v) is 19.5. The molecule has 72 heavy (non-hydrogen) atoms. The number of amides is 9. The first-order chi connectivity index (χ1) is 34.1. The average Bonchev–Trinajstić information content (AvgIpc) is 3.35. The Balaban J connectivity index is 6.80. The zero-order valence-electron chi connectivity index (χ0n) is 45.1. The van der Waals surface area contributed by atoms with Crippen LogP contribution in [0.2, 0.25) is 0 Å². The van der Waals surface area contributed by atoms with Crippen LogP contribution in [0.15, 0.2) is 0 Å². The van der Waals surface area contributed by atoms with E-state index in [-0.39, 0.29) is 37.5 Å². The van der Waals surface area contributed by atoms with Gasteiger partial charge in [0, 0.05) is 6.92 Å². The Bertz CT molecular complexity index is 1670. The van der Waals surface area contributed by atoms with Crippen molar-refractivity contribution in [1.82, 2.24) is 42.5 Å². The highest BCUT2D eigenvalue weighted by Crippen LogP contribution is 2.16. The lowest BCUT2D eigenvalue weighted by Gasteiger charge is -2.31. The number of hydrogen-bond donors (Lipinski definition) is 13. The van der Waals surface area contributed by atoms with Gasteiger partial charge in [-0.2, -0.15) is 0 Å². The van der Waals surface area contributed by atoms with Crippen molar-refractivity contribution in [3.05, 3.63) is 0 Å². The van der Waals surface area contributed by atoms with Gasteiger partial charge in [-0.3, -0.25) is 43.2 Å². The minimum Gasteiger partial charge on any atom is -0.368 e. The molecule has 0 radical (unpaired) electrons. The first-order valence-corrected chi connectivity index (χ1v) is 26.6. The Kier molecular flexibility index (Phi) is 35.2. The first kappa shape index (κ1) is 67.1. The van der Waals surface area contributed by atoms with Crippen LogP contribution in [0.25, 0.3) is 0 Å². The molecule has 0 fully saturated rings. The molecule has 22 nitrogen and oxygen atoms in total. The maximum absolute atomic E-state index is 14.4. The lowest BCUT2D eigenvalue weighted by atomic mass is 9.95. The third-order valence-corrected chi connectivity index (χ3v) is 13.6. The highest BCUT2D eigenvalue weighted by atomic mass is 16.2. The van der Waals surface area contributed by atoms with Crippen LogP contribution in [0.5, 0.6) is 0 Å². The van der Waals surface area contributed by atoms with Crippen LogP contribution in [-0.2, 0) is 43.2 Å². The average molecular weight is 1020 g/mol. The molecule has 0 bridgehead atoms. The van der Waals surface area contributed by atoms with Crippen molar-refractivity contribution in [2.24, 2.45) is 52.3 Å². The molecule has 0 aliphatic heterocycles. The number of carbonyl (C=O) groups is 9.